The Bertz CT molecular complexity index is 1960. The first-order valence-electron chi connectivity index (χ1n) is 25.7. The first-order valence-corrected chi connectivity index (χ1v) is 25.7. The van der Waals surface area contributed by atoms with Crippen LogP contribution in [0.5, 0.6) is 11.5 Å². The fraction of sp³-hybridized carbons (Fsp3) is 0.600. The van der Waals surface area contributed by atoms with Gasteiger partial charge >= 0.3 is 0 Å². The van der Waals surface area contributed by atoms with Gasteiger partial charge < -0.3 is 45.0 Å². The average Bonchev–Trinajstić information content (AvgIpc) is 3.39. The van der Waals surface area contributed by atoms with Crippen molar-refractivity contribution >= 4 is 11.6 Å². The maximum atomic E-state index is 12.0. The molecule has 2 aromatic heterocycles. The molecule has 4 aromatic rings. The van der Waals surface area contributed by atoms with Crippen molar-refractivity contribution in [2.45, 2.75) is 163 Å². The van der Waals surface area contributed by atoms with Gasteiger partial charge in [-0.25, -0.2) is 0 Å². The quantitative estimate of drug-likeness (QED) is 0.0644. The van der Waals surface area contributed by atoms with Gasteiger partial charge in [-0.1, -0.05) is 176 Å². The molecule has 5 N–H and O–H groups in total. The highest BCUT2D eigenvalue weighted by molar-refractivity contribution is 5.75. The third-order valence-corrected chi connectivity index (χ3v) is 11.2. The summed E-state index contributed by atoms with van der Waals surface area (Å²) in [5.74, 6) is 3.31. The number of carbonyl (C=O) groups is 2. The molecule has 2 aromatic carbocycles. The molecule has 2 fully saturated rings. The van der Waals surface area contributed by atoms with E-state index in [-0.39, 0.29) is 63.7 Å². The van der Waals surface area contributed by atoms with E-state index in [9.17, 15) is 19.2 Å². The zero-order valence-electron chi connectivity index (χ0n) is 45.1. The van der Waals surface area contributed by atoms with Gasteiger partial charge in [-0.05, 0) is 61.8 Å². The standard InChI is InChI=1S/C16H17NO3.C15H15NO3.C9H20.C8H18.2C4H10N2.CH4O.3CH4/c1-12(18)10-17-9-8-15(19)16(13(17)2)20-11-14-6-4-3-5-7-14;1-12(17)10-16-9-5-8-14(15(16)18)19-11-13-6-3-2-4-7-13;1-5-9(4)7-6-8(2)3;1-4-6-7-8(3)5-2;2*1-2-6-4-3-5-1;1-2;;;/h3-9H,10-11H2,1-2H3;2-9H,10-11H2,1H3;8-9H,5-7H2,1-4H3;8H,4-7H2,1-3H3;2*5-6H,1-4H2;2H,1H3;3*1H4. The monoisotopic (exact) mass is 1020 g/mol. The van der Waals surface area contributed by atoms with Crippen molar-refractivity contribution in [1.82, 2.24) is 30.4 Å². The molecule has 6 rings (SSSR count). The fourth-order valence-electron chi connectivity index (χ4n) is 6.48. The van der Waals surface area contributed by atoms with Crippen LogP contribution in [-0.2, 0) is 35.9 Å². The van der Waals surface area contributed by atoms with Crippen LogP contribution in [0.2, 0.25) is 0 Å². The average molecular weight is 1020 g/mol. The number of hydrogen-bond donors (Lipinski definition) is 5. The van der Waals surface area contributed by atoms with E-state index in [1.54, 1.807) is 36.0 Å². The molecule has 0 spiro atoms. The van der Waals surface area contributed by atoms with Gasteiger partial charge in [0.1, 0.15) is 24.8 Å². The lowest BCUT2D eigenvalue weighted by atomic mass is 9.98. The molecular formula is C60H106N6O7. The summed E-state index contributed by atoms with van der Waals surface area (Å²) in [4.78, 5) is 46.1. The van der Waals surface area contributed by atoms with Crippen molar-refractivity contribution in [2.75, 3.05) is 59.5 Å². The molecule has 2 atom stereocenters. The maximum Gasteiger partial charge on any atom is 0.293 e. The predicted octanol–water partition coefficient (Wildman–Crippen LogP) is 10.9. The molecular weight excluding hydrogens is 917 g/mol. The van der Waals surface area contributed by atoms with Gasteiger partial charge in [-0.3, -0.25) is 19.2 Å². The van der Waals surface area contributed by atoms with Gasteiger partial charge in [0.25, 0.3) is 5.56 Å². The second kappa shape index (κ2) is 49.3. The van der Waals surface area contributed by atoms with Crippen LogP contribution in [0.1, 0.15) is 146 Å². The zero-order valence-corrected chi connectivity index (χ0v) is 45.1. The molecule has 0 amide bonds. The Morgan fingerprint density at radius 3 is 1.40 bits per heavy atom. The van der Waals surface area contributed by atoms with Gasteiger partial charge in [0.2, 0.25) is 5.43 Å². The Hall–Kier alpha value is -4.92. The summed E-state index contributed by atoms with van der Waals surface area (Å²) in [5.41, 5.74) is 2.20. The normalized spacial score (nSPS) is 12.8. The second-order valence-electron chi connectivity index (χ2n) is 18.1. The van der Waals surface area contributed by atoms with E-state index >= 15 is 0 Å². The summed E-state index contributed by atoms with van der Waals surface area (Å²) < 4.78 is 14.2. The van der Waals surface area contributed by atoms with Crippen LogP contribution in [0.15, 0.2) is 101 Å². The minimum Gasteiger partial charge on any atom is -0.483 e. The van der Waals surface area contributed by atoms with Crippen molar-refractivity contribution in [3.63, 3.8) is 0 Å². The Morgan fingerprint density at radius 2 is 1.00 bits per heavy atom. The van der Waals surface area contributed by atoms with Gasteiger partial charge in [-0.15, -0.1) is 0 Å². The number of ketones is 2. The van der Waals surface area contributed by atoms with Gasteiger partial charge in [0.05, 0.1) is 18.8 Å². The highest BCUT2D eigenvalue weighted by Crippen LogP contribution is 2.15. The molecule has 73 heavy (non-hydrogen) atoms. The van der Waals surface area contributed by atoms with E-state index < -0.39 is 0 Å². The Balaban J connectivity index is -0.000000411. The Kier molecular flexibility index (Phi) is 50.4. The molecule has 2 saturated heterocycles. The Labute approximate surface area is 444 Å². The summed E-state index contributed by atoms with van der Waals surface area (Å²) in [7, 11) is 1.00. The molecule has 13 heteroatoms. The summed E-state index contributed by atoms with van der Waals surface area (Å²) in [6.45, 7) is 30.9. The molecule has 0 bridgehead atoms. The first kappa shape index (κ1) is 74.6. The van der Waals surface area contributed by atoms with E-state index in [0.717, 1.165) is 88.3 Å². The van der Waals surface area contributed by atoms with Crippen LogP contribution in [0.3, 0.4) is 0 Å². The van der Waals surface area contributed by atoms with Crippen LogP contribution >= 0.6 is 0 Å². The van der Waals surface area contributed by atoms with Crippen molar-refractivity contribution in [1.29, 1.82) is 0 Å². The third-order valence-electron chi connectivity index (χ3n) is 11.2. The van der Waals surface area contributed by atoms with E-state index in [4.69, 9.17) is 14.6 Å². The van der Waals surface area contributed by atoms with E-state index in [1.807, 2.05) is 60.7 Å². The SMILES string of the molecule is C.C.C.C1CNCCN1.C1CNCCN1.CC(=O)Cn1ccc(=O)c(OCc2ccccc2)c1C.CC(=O)Cn1cccc(OCc2ccccc2)c1=O.CCC(C)CCC(C)C.CCCCC(C)CC.CO. The number of pyridine rings is 2. The smallest absolute Gasteiger partial charge is 0.293 e. The third kappa shape index (κ3) is 39.2. The van der Waals surface area contributed by atoms with Crippen molar-refractivity contribution in [3.05, 3.63) is 129 Å². The molecule has 418 valence electrons. The topological polar surface area (TPSA) is 165 Å². The van der Waals surface area contributed by atoms with E-state index in [2.05, 4.69) is 69.7 Å². The number of nitrogens with zero attached hydrogens (tertiary/aromatic N) is 2. The molecule has 0 saturated carbocycles. The summed E-state index contributed by atoms with van der Waals surface area (Å²) in [6, 6.07) is 24.0. The van der Waals surface area contributed by atoms with Crippen LogP contribution in [0.4, 0.5) is 0 Å². The summed E-state index contributed by atoms with van der Waals surface area (Å²) in [6.07, 6.45) is 12.9. The number of aromatic nitrogens is 2. The molecule has 13 nitrogen and oxygen atoms in total. The minimum absolute atomic E-state index is 0. The van der Waals surface area contributed by atoms with E-state index in [0.29, 0.717) is 24.7 Å². The van der Waals surface area contributed by atoms with Gasteiger partial charge in [0, 0.05) is 77.9 Å². The van der Waals surface area contributed by atoms with Crippen LogP contribution < -0.4 is 41.7 Å². The second-order valence-corrected chi connectivity index (χ2v) is 18.1. The minimum atomic E-state index is -0.284. The summed E-state index contributed by atoms with van der Waals surface area (Å²) >= 11 is 0. The van der Waals surface area contributed by atoms with Crippen LogP contribution in [0, 0.1) is 24.7 Å². The molecule has 2 unspecified atom stereocenters. The number of nitrogens with one attached hydrogen (secondary N) is 4. The number of hydrogen-bond acceptors (Lipinski definition) is 11. The number of unbranched alkanes of at least 4 members (excludes halogenated alkanes) is 1. The number of Topliss-reactive ketones (excluding diaryl/α,β-unsaturated/α-hetero) is 2. The number of ether oxygens (including phenoxy) is 2. The number of aliphatic hydroxyl groups is 1. The molecule has 2 aliphatic rings. The molecule has 0 aliphatic carbocycles. The van der Waals surface area contributed by atoms with Gasteiger partial charge in [-0.2, -0.15) is 0 Å². The lowest BCUT2D eigenvalue weighted by Crippen LogP contribution is -2.39. The number of benzene rings is 2. The van der Waals surface area contributed by atoms with Crippen molar-refractivity contribution in [3.8, 4) is 11.5 Å². The predicted molar refractivity (Wildman–Crippen MR) is 311 cm³/mol. The first-order chi connectivity index (χ1) is 33.7. The Morgan fingerprint density at radius 1 is 0.575 bits per heavy atom. The number of rotatable bonds is 18. The number of piperazine rings is 2. The number of aliphatic hydroxyl groups excluding tert-OH is 1. The lowest BCUT2D eigenvalue weighted by molar-refractivity contribution is -0.118. The molecule has 2 aliphatic heterocycles. The van der Waals surface area contributed by atoms with E-state index in [1.165, 1.54) is 69.4 Å². The fourth-order valence-corrected chi connectivity index (χ4v) is 6.48. The van der Waals surface area contributed by atoms with Gasteiger partial charge in [0.15, 0.2) is 11.5 Å². The highest BCUT2D eigenvalue weighted by atomic mass is 16.5. The molecule has 4 heterocycles. The highest BCUT2D eigenvalue weighted by Gasteiger charge is 2.10. The maximum absolute atomic E-state index is 12.0. The van der Waals surface area contributed by atoms with Crippen LogP contribution in [0.25, 0.3) is 0 Å². The lowest BCUT2D eigenvalue weighted by Gasteiger charge is -2.13. The number of carbonyl (C=O) groups excluding carboxylic acids is 2. The van der Waals surface area contributed by atoms with Crippen molar-refractivity contribution < 1.29 is 24.2 Å². The molecule has 0 radical (unpaired) electrons. The van der Waals surface area contributed by atoms with Crippen molar-refractivity contribution in [2.24, 2.45) is 17.8 Å². The summed E-state index contributed by atoms with van der Waals surface area (Å²) in [5, 5.41) is 19.9. The largest absolute Gasteiger partial charge is 0.483 e. The van der Waals surface area contributed by atoms with Crippen LogP contribution in [-0.4, -0.2) is 85.3 Å². The zero-order chi connectivity index (χ0) is 52.4.